The molecule has 0 saturated carbocycles. The van der Waals surface area contributed by atoms with Crippen LogP contribution in [0.4, 0.5) is 0 Å². The average molecular weight is 285 g/mol. The highest BCUT2D eigenvalue weighted by atomic mass is 32.2. The number of hydrogen-bond acceptors (Lipinski definition) is 4. The predicted octanol–water partition coefficient (Wildman–Crippen LogP) is 0.874. The molecule has 0 aliphatic rings. The summed E-state index contributed by atoms with van der Waals surface area (Å²) in [6, 6.07) is 6.55. The van der Waals surface area contributed by atoms with Crippen LogP contribution in [0.5, 0.6) is 5.75 Å². The van der Waals surface area contributed by atoms with E-state index < -0.39 is 14.6 Å². The van der Waals surface area contributed by atoms with Gasteiger partial charge in [-0.2, -0.15) is 0 Å². The van der Waals surface area contributed by atoms with Gasteiger partial charge in [-0.3, -0.25) is 4.79 Å². The van der Waals surface area contributed by atoms with Gasteiger partial charge in [0.05, 0.1) is 11.2 Å². The number of hydrogen-bond donors (Lipinski definition) is 2. The van der Waals surface area contributed by atoms with Crippen molar-refractivity contribution in [3.8, 4) is 5.75 Å². The Bertz CT molecular complexity index is 564. The summed E-state index contributed by atoms with van der Waals surface area (Å²) >= 11 is 0. The van der Waals surface area contributed by atoms with Crippen molar-refractivity contribution in [2.24, 2.45) is 0 Å². The first-order valence-corrected chi connectivity index (χ1v) is 7.76. The molecule has 0 aliphatic heterocycles. The number of amides is 1. The lowest BCUT2D eigenvalue weighted by atomic mass is 10.1. The summed E-state index contributed by atoms with van der Waals surface area (Å²) < 4.78 is 22.0. The van der Waals surface area contributed by atoms with Crippen LogP contribution >= 0.6 is 0 Å². The summed E-state index contributed by atoms with van der Waals surface area (Å²) in [5.41, 5.74) is 0.511. The smallest absolute Gasteiger partial charge is 0.224 e. The summed E-state index contributed by atoms with van der Waals surface area (Å²) in [5, 5.41) is 12.1. The summed E-state index contributed by atoms with van der Waals surface area (Å²) in [6.45, 7) is 3.16. The Kier molecular flexibility index (Phi) is 4.57. The molecular formula is C13H19NO4S. The van der Waals surface area contributed by atoms with Crippen LogP contribution in [0.25, 0.3) is 0 Å². The number of phenols is 1. The van der Waals surface area contributed by atoms with Crippen molar-refractivity contribution in [2.75, 3.05) is 12.8 Å². The van der Waals surface area contributed by atoms with Gasteiger partial charge in [-0.1, -0.05) is 18.2 Å². The third-order valence-corrected chi connectivity index (χ3v) is 5.21. The molecule has 0 aliphatic carbocycles. The third-order valence-electron chi connectivity index (χ3n) is 3.06. The molecule has 0 aromatic heterocycles. The zero-order valence-corrected chi connectivity index (χ0v) is 12.1. The fourth-order valence-corrected chi connectivity index (χ4v) is 1.67. The maximum Gasteiger partial charge on any atom is 0.224 e. The normalized spacial score (nSPS) is 12.2. The summed E-state index contributed by atoms with van der Waals surface area (Å²) in [5.74, 6) is -0.266. The number of benzene rings is 1. The zero-order valence-electron chi connectivity index (χ0n) is 11.3. The highest BCUT2D eigenvalue weighted by Gasteiger charge is 2.30. The maximum atomic E-state index is 11.7. The van der Waals surface area contributed by atoms with Gasteiger partial charge in [0, 0.05) is 18.4 Å². The Morgan fingerprint density at radius 2 is 1.89 bits per heavy atom. The van der Waals surface area contributed by atoms with Crippen LogP contribution in [-0.2, 0) is 21.1 Å². The van der Waals surface area contributed by atoms with Crippen LogP contribution in [0.1, 0.15) is 19.4 Å². The number of phenolic OH excluding ortho intramolecular Hbond substituents is 1. The minimum atomic E-state index is -3.24. The van der Waals surface area contributed by atoms with Gasteiger partial charge in [0.1, 0.15) is 5.75 Å². The van der Waals surface area contributed by atoms with Gasteiger partial charge < -0.3 is 10.4 Å². The maximum absolute atomic E-state index is 11.7. The highest BCUT2D eigenvalue weighted by Crippen LogP contribution is 2.16. The number of sulfone groups is 1. The number of carbonyl (C=O) groups is 1. The molecule has 0 spiro atoms. The summed E-state index contributed by atoms with van der Waals surface area (Å²) in [4.78, 5) is 11.7. The van der Waals surface area contributed by atoms with Crippen LogP contribution in [0.15, 0.2) is 24.3 Å². The van der Waals surface area contributed by atoms with Crippen molar-refractivity contribution in [2.45, 2.75) is 25.0 Å². The standard InChI is InChI=1S/C13H19NO4S/c1-13(2,19(3,17)18)9-14-12(16)8-10-6-4-5-7-11(10)15/h4-7,15H,8-9H2,1-3H3,(H,14,16). The van der Waals surface area contributed by atoms with E-state index in [0.717, 1.165) is 6.26 Å². The molecule has 1 aromatic carbocycles. The van der Waals surface area contributed by atoms with Crippen LogP contribution in [0.3, 0.4) is 0 Å². The SMILES string of the molecule is CC(C)(CNC(=O)Cc1ccccc1O)S(C)(=O)=O. The number of para-hydroxylation sites is 1. The second-order valence-electron chi connectivity index (χ2n) is 5.11. The van der Waals surface area contributed by atoms with Crippen LogP contribution in [-0.4, -0.2) is 37.0 Å². The van der Waals surface area contributed by atoms with Crippen molar-refractivity contribution in [1.82, 2.24) is 5.32 Å². The molecule has 6 heteroatoms. The van der Waals surface area contributed by atoms with E-state index in [9.17, 15) is 18.3 Å². The van der Waals surface area contributed by atoms with Crippen molar-refractivity contribution >= 4 is 15.7 Å². The number of rotatable bonds is 5. The summed E-state index contributed by atoms with van der Waals surface area (Å²) in [6.07, 6.45) is 1.16. The number of carbonyl (C=O) groups excluding carboxylic acids is 1. The molecule has 2 N–H and O–H groups in total. The van der Waals surface area contributed by atoms with Crippen LogP contribution in [0, 0.1) is 0 Å². The van der Waals surface area contributed by atoms with Gasteiger partial charge in [-0.15, -0.1) is 0 Å². The van der Waals surface area contributed by atoms with E-state index in [1.807, 2.05) is 0 Å². The monoisotopic (exact) mass is 285 g/mol. The molecule has 0 heterocycles. The molecule has 19 heavy (non-hydrogen) atoms. The van der Waals surface area contributed by atoms with E-state index in [1.54, 1.807) is 32.0 Å². The van der Waals surface area contributed by atoms with E-state index >= 15 is 0 Å². The molecule has 1 aromatic rings. The molecule has 5 nitrogen and oxygen atoms in total. The first-order valence-electron chi connectivity index (χ1n) is 5.87. The lowest BCUT2D eigenvalue weighted by molar-refractivity contribution is -0.120. The Hall–Kier alpha value is -1.56. The first kappa shape index (κ1) is 15.5. The third kappa shape index (κ3) is 4.24. The van der Waals surface area contributed by atoms with Crippen LogP contribution in [0.2, 0.25) is 0 Å². The van der Waals surface area contributed by atoms with Gasteiger partial charge in [-0.05, 0) is 19.9 Å². The van der Waals surface area contributed by atoms with Crippen molar-refractivity contribution in [3.63, 3.8) is 0 Å². The number of nitrogens with one attached hydrogen (secondary N) is 1. The second-order valence-corrected chi connectivity index (χ2v) is 7.76. The van der Waals surface area contributed by atoms with Gasteiger partial charge in [-0.25, -0.2) is 8.42 Å². The minimum Gasteiger partial charge on any atom is -0.508 e. The quantitative estimate of drug-likeness (QED) is 0.841. The fourth-order valence-electron chi connectivity index (χ4n) is 1.34. The van der Waals surface area contributed by atoms with E-state index in [1.165, 1.54) is 6.07 Å². The van der Waals surface area contributed by atoms with Gasteiger partial charge >= 0.3 is 0 Å². The average Bonchev–Trinajstić information content (AvgIpc) is 2.28. The molecular weight excluding hydrogens is 266 g/mol. The van der Waals surface area contributed by atoms with Crippen LogP contribution < -0.4 is 5.32 Å². The second kappa shape index (κ2) is 5.61. The Morgan fingerprint density at radius 3 is 2.42 bits per heavy atom. The molecule has 0 radical (unpaired) electrons. The molecule has 0 bridgehead atoms. The first-order chi connectivity index (χ1) is 8.63. The lowest BCUT2D eigenvalue weighted by Crippen LogP contribution is -2.44. The topological polar surface area (TPSA) is 83.5 Å². The van der Waals surface area contributed by atoms with Crippen molar-refractivity contribution in [3.05, 3.63) is 29.8 Å². The largest absolute Gasteiger partial charge is 0.508 e. The lowest BCUT2D eigenvalue weighted by Gasteiger charge is -2.22. The Balaban J connectivity index is 2.61. The molecule has 106 valence electrons. The van der Waals surface area contributed by atoms with Crippen molar-refractivity contribution in [1.29, 1.82) is 0 Å². The Labute approximate surface area is 113 Å². The molecule has 0 fully saturated rings. The molecule has 0 atom stereocenters. The molecule has 1 rings (SSSR count). The fraction of sp³-hybridized carbons (Fsp3) is 0.462. The Morgan fingerprint density at radius 1 is 1.32 bits per heavy atom. The predicted molar refractivity (Wildman–Crippen MR) is 73.7 cm³/mol. The summed E-state index contributed by atoms with van der Waals surface area (Å²) in [7, 11) is -3.24. The van der Waals surface area contributed by atoms with E-state index in [4.69, 9.17) is 0 Å². The molecule has 0 saturated heterocycles. The zero-order chi connectivity index (χ0) is 14.7. The van der Waals surface area contributed by atoms with Gasteiger partial charge in [0.15, 0.2) is 9.84 Å². The van der Waals surface area contributed by atoms with E-state index in [2.05, 4.69) is 5.32 Å². The molecule has 1 amide bonds. The van der Waals surface area contributed by atoms with E-state index in [0.29, 0.717) is 5.56 Å². The number of aromatic hydroxyl groups is 1. The van der Waals surface area contributed by atoms with Gasteiger partial charge in [0.2, 0.25) is 5.91 Å². The molecule has 0 unspecified atom stereocenters. The highest BCUT2D eigenvalue weighted by molar-refractivity contribution is 7.92. The minimum absolute atomic E-state index is 0.0204. The van der Waals surface area contributed by atoms with Crippen molar-refractivity contribution < 1.29 is 18.3 Å². The van der Waals surface area contributed by atoms with E-state index in [-0.39, 0.29) is 24.6 Å². The van der Waals surface area contributed by atoms with Gasteiger partial charge in [0.25, 0.3) is 0 Å².